The first-order chi connectivity index (χ1) is 5.83. The molecule has 0 spiro atoms. The largest absolute Gasteiger partial charge is 0.469 e. The quantitative estimate of drug-likeness (QED) is 0.434. The fourth-order valence-corrected chi connectivity index (χ4v) is 2.07. The Labute approximate surface area is 71.9 Å². The molecule has 2 aliphatic rings. The van der Waals surface area contributed by atoms with Gasteiger partial charge in [-0.05, 0) is 12.3 Å². The molecule has 0 N–H and O–H groups in total. The molecule has 2 heteroatoms. The van der Waals surface area contributed by atoms with Gasteiger partial charge < -0.3 is 4.74 Å². The summed E-state index contributed by atoms with van der Waals surface area (Å²) in [6, 6.07) is 0. The molecule has 0 unspecified atom stereocenters. The van der Waals surface area contributed by atoms with Crippen LogP contribution in [0.15, 0.2) is 24.3 Å². The predicted molar refractivity (Wildman–Crippen MR) is 45.4 cm³/mol. The van der Waals surface area contributed by atoms with E-state index in [0.717, 1.165) is 6.42 Å². The molecular weight excluding hydrogens is 152 g/mol. The molecule has 2 rings (SSSR count). The Balaban J connectivity index is 2.20. The average Bonchev–Trinajstić information content (AvgIpc) is 2.35. The van der Waals surface area contributed by atoms with Crippen molar-refractivity contribution in [1.29, 1.82) is 0 Å². The number of ether oxygens (including phenoxy) is 1. The van der Waals surface area contributed by atoms with Gasteiger partial charge in [-0.25, -0.2) is 0 Å². The Bertz CT molecular complexity index is 251. The number of rotatable bonds is 1. The van der Waals surface area contributed by atoms with Gasteiger partial charge in [-0.15, -0.1) is 0 Å². The number of allylic oxidation sites excluding steroid dienone is 4. The molecule has 64 valence electrons. The standard InChI is InChI=1S/C10H12O2/c1-12-10(11)9-7-3-2-4-8(9)6-5-7/h2-3,5-9H,4H2,1H3/t7-,8-,9-/m0/s1. The van der Waals surface area contributed by atoms with Crippen LogP contribution in [0.4, 0.5) is 0 Å². The second-order valence-electron chi connectivity index (χ2n) is 3.34. The minimum Gasteiger partial charge on any atom is -0.469 e. The summed E-state index contributed by atoms with van der Waals surface area (Å²) < 4.78 is 4.76. The van der Waals surface area contributed by atoms with Crippen molar-refractivity contribution in [1.82, 2.24) is 0 Å². The third-order valence-corrected chi connectivity index (χ3v) is 2.70. The van der Waals surface area contributed by atoms with Gasteiger partial charge in [0, 0.05) is 5.92 Å². The monoisotopic (exact) mass is 164 g/mol. The van der Waals surface area contributed by atoms with E-state index < -0.39 is 0 Å². The Morgan fingerprint density at radius 1 is 1.42 bits per heavy atom. The van der Waals surface area contributed by atoms with Crippen molar-refractivity contribution in [2.45, 2.75) is 6.42 Å². The molecule has 0 aromatic heterocycles. The highest BCUT2D eigenvalue weighted by Crippen LogP contribution is 2.38. The molecule has 0 aromatic carbocycles. The van der Waals surface area contributed by atoms with Crippen LogP contribution in [0.2, 0.25) is 0 Å². The third kappa shape index (κ3) is 0.986. The number of methoxy groups -OCH3 is 1. The van der Waals surface area contributed by atoms with Crippen molar-refractivity contribution in [3.63, 3.8) is 0 Å². The van der Waals surface area contributed by atoms with Gasteiger partial charge in [0.15, 0.2) is 0 Å². The van der Waals surface area contributed by atoms with Gasteiger partial charge in [0.25, 0.3) is 0 Å². The Morgan fingerprint density at radius 2 is 2.25 bits per heavy atom. The van der Waals surface area contributed by atoms with Crippen molar-refractivity contribution in [3.8, 4) is 0 Å². The predicted octanol–water partition coefficient (Wildman–Crippen LogP) is 1.54. The lowest BCUT2D eigenvalue weighted by atomic mass is 9.82. The van der Waals surface area contributed by atoms with Gasteiger partial charge in [0.05, 0.1) is 13.0 Å². The Morgan fingerprint density at radius 3 is 2.92 bits per heavy atom. The molecule has 0 aromatic rings. The van der Waals surface area contributed by atoms with Crippen LogP contribution >= 0.6 is 0 Å². The van der Waals surface area contributed by atoms with Gasteiger partial charge in [-0.2, -0.15) is 0 Å². The molecule has 3 atom stereocenters. The smallest absolute Gasteiger partial charge is 0.310 e. The van der Waals surface area contributed by atoms with Gasteiger partial charge >= 0.3 is 5.97 Å². The first kappa shape index (κ1) is 7.59. The van der Waals surface area contributed by atoms with Crippen molar-refractivity contribution in [3.05, 3.63) is 24.3 Å². The number of esters is 1. The maximum Gasteiger partial charge on any atom is 0.310 e. The summed E-state index contributed by atoms with van der Waals surface area (Å²) in [5.41, 5.74) is 0. The summed E-state index contributed by atoms with van der Waals surface area (Å²) in [6.07, 6.45) is 9.46. The van der Waals surface area contributed by atoms with Crippen LogP contribution in [0.25, 0.3) is 0 Å². The topological polar surface area (TPSA) is 26.3 Å². The molecule has 0 saturated carbocycles. The van der Waals surface area contributed by atoms with Crippen LogP contribution in [0.1, 0.15) is 6.42 Å². The normalized spacial score (nSPS) is 36.9. The molecule has 0 radical (unpaired) electrons. The second kappa shape index (κ2) is 2.77. The first-order valence-corrected chi connectivity index (χ1v) is 4.26. The lowest BCUT2D eigenvalue weighted by Gasteiger charge is -2.23. The maximum atomic E-state index is 11.3. The van der Waals surface area contributed by atoms with E-state index in [-0.39, 0.29) is 17.8 Å². The Kier molecular flexibility index (Phi) is 1.75. The van der Waals surface area contributed by atoms with Crippen molar-refractivity contribution in [2.75, 3.05) is 7.11 Å². The van der Waals surface area contributed by atoms with Crippen LogP contribution in [-0.4, -0.2) is 13.1 Å². The SMILES string of the molecule is COC(=O)[C@H]1[C@H]2C=CC[C@H]1C=C2. The minimum atomic E-state index is -0.0700. The highest BCUT2D eigenvalue weighted by Gasteiger charge is 2.37. The summed E-state index contributed by atoms with van der Waals surface area (Å²) in [4.78, 5) is 11.3. The van der Waals surface area contributed by atoms with Crippen LogP contribution in [0.3, 0.4) is 0 Å². The summed E-state index contributed by atoms with van der Waals surface area (Å²) in [5, 5.41) is 0. The van der Waals surface area contributed by atoms with Crippen LogP contribution < -0.4 is 0 Å². The highest BCUT2D eigenvalue weighted by molar-refractivity contribution is 5.75. The van der Waals surface area contributed by atoms with E-state index >= 15 is 0 Å². The molecule has 0 saturated heterocycles. The zero-order valence-electron chi connectivity index (χ0n) is 7.07. The molecule has 2 nitrogen and oxygen atoms in total. The number of hydrogen-bond acceptors (Lipinski definition) is 2. The number of carbonyl (C=O) groups is 1. The number of carbonyl (C=O) groups excluding carboxylic acids is 1. The summed E-state index contributed by atoms with van der Waals surface area (Å²) in [7, 11) is 1.46. The third-order valence-electron chi connectivity index (χ3n) is 2.70. The number of hydrogen-bond donors (Lipinski definition) is 0. The van der Waals surface area contributed by atoms with E-state index in [4.69, 9.17) is 4.74 Å². The molecule has 0 heterocycles. The van der Waals surface area contributed by atoms with E-state index in [1.54, 1.807) is 0 Å². The highest BCUT2D eigenvalue weighted by atomic mass is 16.5. The van der Waals surface area contributed by atoms with E-state index in [1.165, 1.54) is 7.11 Å². The van der Waals surface area contributed by atoms with Gasteiger partial charge in [-0.1, -0.05) is 24.3 Å². The zero-order valence-corrected chi connectivity index (χ0v) is 7.07. The zero-order chi connectivity index (χ0) is 8.55. The van der Waals surface area contributed by atoms with Gasteiger partial charge in [0.2, 0.25) is 0 Å². The molecule has 0 aliphatic heterocycles. The molecular formula is C10H12O2. The van der Waals surface area contributed by atoms with E-state index in [0.29, 0.717) is 5.92 Å². The van der Waals surface area contributed by atoms with Crippen LogP contribution in [-0.2, 0) is 9.53 Å². The van der Waals surface area contributed by atoms with Crippen molar-refractivity contribution < 1.29 is 9.53 Å². The summed E-state index contributed by atoms with van der Waals surface area (Å²) in [5.74, 6) is 0.656. The average molecular weight is 164 g/mol. The van der Waals surface area contributed by atoms with E-state index in [2.05, 4.69) is 24.3 Å². The molecule has 0 amide bonds. The van der Waals surface area contributed by atoms with Crippen molar-refractivity contribution in [2.24, 2.45) is 17.8 Å². The first-order valence-electron chi connectivity index (χ1n) is 4.26. The van der Waals surface area contributed by atoms with Crippen LogP contribution in [0.5, 0.6) is 0 Å². The number of fused-ring (bicyclic) bond motifs is 2. The molecule has 12 heavy (non-hydrogen) atoms. The maximum absolute atomic E-state index is 11.3. The lowest BCUT2D eigenvalue weighted by Crippen LogP contribution is -2.27. The van der Waals surface area contributed by atoms with E-state index in [1.807, 2.05) is 0 Å². The Hall–Kier alpha value is -1.05. The fourth-order valence-electron chi connectivity index (χ4n) is 2.07. The molecule has 2 aliphatic carbocycles. The minimum absolute atomic E-state index is 0.0556. The van der Waals surface area contributed by atoms with Crippen molar-refractivity contribution >= 4 is 5.97 Å². The van der Waals surface area contributed by atoms with Gasteiger partial charge in [-0.3, -0.25) is 4.79 Å². The second-order valence-corrected chi connectivity index (χ2v) is 3.34. The lowest BCUT2D eigenvalue weighted by molar-refractivity contribution is -0.147. The summed E-state index contributed by atoms with van der Waals surface area (Å²) >= 11 is 0. The molecule has 2 bridgehead atoms. The van der Waals surface area contributed by atoms with Gasteiger partial charge in [0.1, 0.15) is 0 Å². The molecule has 0 fully saturated rings. The fraction of sp³-hybridized carbons (Fsp3) is 0.500. The van der Waals surface area contributed by atoms with E-state index in [9.17, 15) is 4.79 Å². The summed E-state index contributed by atoms with van der Waals surface area (Å²) in [6.45, 7) is 0. The van der Waals surface area contributed by atoms with Crippen LogP contribution in [0, 0.1) is 17.8 Å².